The minimum atomic E-state index is 0.621. The topological polar surface area (TPSA) is 29.3 Å². The van der Waals surface area contributed by atoms with E-state index < -0.39 is 0 Å². The first kappa shape index (κ1) is 11.3. The molecule has 2 heteroatoms. The predicted octanol–water partition coefficient (Wildman–Crippen LogP) is 3.20. The minimum absolute atomic E-state index is 0.621. The Labute approximate surface area is 98.4 Å². The van der Waals surface area contributed by atoms with E-state index in [0.29, 0.717) is 6.04 Å². The van der Waals surface area contributed by atoms with Gasteiger partial charge in [0.15, 0.2) is 0 Å². The Balaban J connectivity index is 2.25. The summed E-state index contributed by atoms with van der Waals surface area (Å²) in [5, 5.41) is 0. The molecular weight excluding hydrogens is 196 g/mol. The molecule has 1 aliphatic rings. The van der Waals surface area contributed by atoms with E-state index in [0.717, 1.165) is 18.2 Å². The molecule has 0 amide bonds. The molecule has 0 aliphatic carbocycles. The van der Waals surface area contributed by atoms with Crippen molar-refractivity contribution in [2.75, 3.05) is 17.2 Å². The molecule has 0 saturated carbocycles. The van der Waals surface area contributed by atoms with Gasteiger partial charge >= 0.3 is 0 Å². The molecule has 2 atom stereocenters. The van der Waals surface area contributed by atoms with Crippen LogP contribution in [0.2, 0.25) is 0 Å². The largest absolute Gasteiger partial charge is 0.398 e. The molecule has 0 aromatic heterocycles. The van der Waals surface area contributed by atoms with Crippen molar-refractivity contribution in [2.45, 2.75) is 39.7 Å². The zero-order valence-corrected chi connectivity index (χ0v) is 10.5. The molecule has 88 valence electrons. The normalized spacial score (nSPS) is 25.8. The van der Waals surface area contributed by atoms with Crippen LogP contribution in [-0.4, -0.2) is 12.6 Å². The molecule has 0 spiro atoms. The van der Waals surface area contributed by atoms with Gasteiger partial charge in [-0.1, -0.05) is 13.0 Å². The van der Waals surface area contributed by atoms with Gasteiger partial charge in [-0.2, -0.15) is 0 Å². The van der Waals surface area contributed by atoms with E-state index in [4.69, 9.17) is 5.73 Å². The van der Waals surface area contributed by atoms with E-state index >= 15 is 0 Å². The zero-order valence-electron chi connectivity index (χ0n) is 10.5. The van der Waals surface area contributed by atoms with Crippen molar-refractivity contribution in [3.8, 4) is 0 Å². The third kappa shape index (κ3) is 2.01. The van der Waals surface area contributed by atoms with Gasteiger partial charge in [0, 0.05) is 24.0 Å². The van der Waals surface area contributed by atoms with E-state index in [-0.39, 0.29) is 0 Å². The van der Waals surface area contributed by atoms with Crippen LogP contribution in [0.25, 0.3) is 0 Å². The highest BCUT2D eigenvalue weighted by molar-refractivity contribution is 5.60. The van der Waals surface area contributed by atoms with Crippen LogP contribution in [0.1, 0.15) is 32.3 Å². The Morgan fingerprint density at radius 3 is 2.75 bits per heavy atom. The monoisotopic (exact) mass is 218 g/mol. The Hall–Kier alpha value is -1.18. The average molecular weight is 218 g/mol. The van der Waals surface area contributed by atoms with Crippen LogP contribution in [0.3, 0.4) is 0 Å². The van der Waals surface area contributed by atoms with Gasteiger partial charge in [0.2, 0.25) is 0 Å². The van der Waals surface area contributed by atoms with Crippen molar-refractivity contribution in [2.24, 2.45) is 5.92 Å². The highest BCUT2D eigenvalue weighted by Gasteiger charge is 2.24. The fourth-order valence-corrected chi connectivity index (χ4v) is 2.51. The summed E-state index contributed by atoms with van der Waals surface area (Å²) in [5.74, 6) is 0.774. The molecule has 1 aromatic carbocycles. The van der Waals surface area contributed by atoms with Gasteiger partial charge < -0.3 is 10.6 Å². The van der Waals surface area contributed by atoms with Crippen molar-refractivity contribution in [3.63, 3.8) is 0 Å². The number of anilines is 2. The maximum Gasteiger partial charge on any atom is 0.0389 e. The van der Waals surface area contributed by atoms with Gasteiger partial charge in [-0.15, -0.1) is 0 Å². The first-order valence-corrected chi connectivity index (χ1v) is 6.22. The molecule has 2 unspecified atom stereocenters. The lowest BCUT2D eigenvalue weighted by molar-refractivity contribution is 0.363. The molecular formula is C14H22N2. The van der Waals surface area contributed by atoms with E-state index in [9.17, 15) is 0 Å². The van der Waals surface area contributed by atoms with E-state index in [1.807, 2.05) is 0 Å². The SMILES string of the molecule is Cc1ccc(N2CCCC(C)C2C)cc1N. The third-order valence-electron chi connectivity index (χ3n) is 3.97. The zero-order chi connectivity index (χ0) is 11.7. The third-order valence-corrected chi connectivity index (χ3v) is 3.97. The fraction of sp³-hybridized carbons (Fsp3) is 0.571. The van der Waals surface area contributed by atoms with E-state index in [2.05, 4.69) is 43.9 Å². The Morgan fingerprint density at radius 1 is 1.31 bits per heavy atom. The quantitative estimate of drug-likeness (QED) is 0.733. The number of aryl methyl sites for hydroxylation is 1. The number of piperidine rings is 1. The van der Waals surface area contributed by atoms with Gasteiger partial charge in [-0.25, -0.2) is 0 Å². The molecule has 1 heterocycles. The van der Waals surface area contributed by atoms with Crippen LogP contribution in [0.4, 0.5) is 11.4 Å². The molecule has 1 aliphatic heterocycles. The standard InChI is InChI=1S/C14H22N2/c1-10-5-4-8-16(12(10)3)13-7-6-11(2)14(15)9-13/h6-7,9-10,12H,4-5,8,15H2,1-3H3. The summed E-state index contributed by atoms with van der Waals surface area (Å²) >= 11 is 0. The predicted molar refractivity (Wildman–Crippen MR) is 70.8 cm³/mol. The number of rotatable bonds is 1. The second-order valence-electron chi connectivity index (χ2n) is 5.09. The summed E-state index contributed by atoms with van der Waals surface area (Å²) in [5.41, 5.74) is 9.33. The van der Waals surface area contributed by atoms with Gasteiger partial charge in [0.05, 0.1) is 0 Å². The number of hydrogen-bond donors (Lipinski definition) is 1. The summed E-state index contributed by atoms with van der Waals surface area (Å²) in [6, 6.07) is 7.05. The molecule has 1 fully saturated rings. The summed E-state index contributed by atoms with van der Waals surface area (Å²) in [6.07, 6.45) is 2.64. The summed E-state index contributed by atoms with van der Waals surface area (Å²) in [7, 11) is 0. The van der Waals surface area contributed by atoms with Crippen molar-refractivity contribution >= 4 is 11.4 Å². The van der Waals surface area contributed by atoms with Crippen LogP contribution in [0.15, 0.2) is 18.2 Å². The van der Waals surface area contributed by atoms with Crippen molar-refractivity contribution in [3.05, 3.63) is 23.8 Å². The summed E-state index contributed by atoms with van der Waals surface area (Å²) < 4.78 is 0. The van der Waals surface area contributed by atoms with Gasteiger partial charge in [0.25, 0.3) is 0 Å². The minimum Gasteiger partial charge on any atom is -0.398 e. The molecule has 0 radical (unpaired) electrons. The fourth-order valence-electron chi connectivity index (χ4n) is 2.51. The smallest absolute Gasteiger partial charge is 0.0389 e. The maximum absolute atomic E-state index is 5.98. The first-order valence-electron chi connectivity index (χ1n) is 6.22. The van der Waals surface area contributed by atoms with Crippen LogP contribution < -0.4 is 10.6 Å². The van der Waals surface area contributed by atoms with Crippen LogP contribution in [-0.2, 0) is 0 Å². The molecule has 2 rings (SSSR count). The number of nitrogens with two attached hydrogens (primary N) is 1. The lowest BCUT2D eigenvalue weighted by Gasteiger charge is -2.39. The van der Waals surface area contributed by atoms with E-state index in [1.165, 1.54) is 24.1 Å². The summed E-state index contributed by atoms with van der Waals surface area (Å²) in [6.45, 7) is 7.88. The van der Waals surface area contributed by atoms with Crippen LogP contribution >= 0.6 is 0 Å². The molecule has 2 N–H and O–H groups in total. The second kappa shape index (κ2) is 4.36. The lowest BCUT2D eigenvalue weighted by Crippen LogP contribution is -2.42. The lowest BCUT2D eigenvalue weighted by atomic mass is 9.91. The van der Waals surface area contributed by atoms with Gasteiger partial charge in [0.1, 0.15) is 0 Å². The number of hydrogen-bond acceptors (Lipinski definition) is 2. The first-order chi connectivity index (χ1) is 7.59. The molecule has 1 saturated heterocycles. The van der Waals surface area contributed by atoms with Crippen molar-refractivity contribution in [1.82, 2.24) is 0 Å². The second-order valence-corrected chi connectivity index (χ2v) is 5.09. The number of benzene rings is 1. The Morgan fingerprint density at radius 2 is 2.06 bits per heavy atom. The van der Waals surface area contributed by atoms with Crippen LogP contribution in [0.5, 0.6) is 0 Å². The highest BCUT2D eigenvalue weighted by Crippen LogP contribution is 2.30. The molecule has 16 heavy (non-hydrogen) atoms. The van der Waals surface area contributed by atoms with Gasteiger partial charge in [-0.3, -0.25) is 0 Å². The summed E-state index contributed by atoms with van der Waals surface area (Å²) in [4.78, 5) is 2.49. The van der Waals surface area contributed by atoms with Crippen LogP contribution in [0, 0.1) is 12.8 Å². The Bertz CT molecular complexity index is 373. The molecule has 0 bridgehead atoms. The van der Waals surface area contributed by atoms with Crippen molar-refractivity contribution in [1.29, 1.82) is 0 Å². The van der Waals surface area contributed by atoms with Gasteiger partial charge in [-0.05, 0) is 50.3 Å². The molecule has 1 aromatic rings. The molecule has 2 nitrogen and oxygen atoms in total. The Kier molecular flexibility index (Phi) is 3.08. The number of nitrogens with zero attached hydrogens (tertiary/aromatic N) is 1. The van der Waals surface area contributed by atoms with Crippen molar-refractivity contribution < 1.29 is 0 Å². The maximum atomic E-state index is 5.98. The number of nitrogen functional groups attached to an aromatic ring is 1. The highest BCUT2D eigenvalue weighted by atomic mass is 15.2. The average Bonchev–Trinajstić information content (AvgIpc) is 2.26. The van der Waals surface area contributed by atoms with E-state index in [1.54, 1.807) is 0 Å².